The number of hydrogen-bond acceptors (Lipinski definition) is 4. The molecule has 1 atom stereocenters. The molecule has 0 saturated carbocycles. The van der Waals surface area contributed by atoms with E-state index >= 15 is 0 Å². The lowest BCUT2D eigenvalue weighted by Gasteiger charge is -2.17. The monoisotopic (exact) mass is 241 g/mol. The van der Waals surface area contributed by atoms with E-state index in [-0.39, 0.29) is 5.82 Å². The van der Waals surface area contributed by atoms with Crippen molar-refractivity contribution in [3.63, 3.8) is 0 Å². The number of rotatable bonds is 3. The van der Waals surface area contributed by atoms with Crippen molar-refractivity contribution in [3.05, 3.63) is 54.1 Å². The lowest BCUT2D eigenvalue weighted by molar-refractivity contribution is -0.123. The number of nitrogens with one attached hydrogen (secondary N) is 1. The third-order valence-corrected chi connectivity index (χ3v) is 2.55. The summed E-state index contributed by atoms with van der Waals surface area (Å²) in [4.78, 5) is 15.8. The molecular formula is C12H11N5O. The first kappa shape index (κ1) is 11.8. The highest BCUT2D eigenvalue weighted by Gasteiger charge is 2.23. The van der Waals surface area contributed by atoms with E-state index in [4.69, 9.17) is 11.1 Å². The zero-order valence-electron chi connectivity index (χ0n) is 9.45. The highest BCUT2D eigenvalue weighted by molar-refractivity contribution is 5.83. The number of hydrogen-bond donors (Lipinski definition) is 2. The minimum absolute atomic E-state index is 0.160. The summed E-state index contributed by atoms with van der Waals surface area (Å²) < 4.78 is 1.48. The average molecular weight is 241 g/mol. The molecular weight excluding hydrogens is 230 g/mol. The summed E-state index contributed by atoms with van der Waals surface area (Å²) in [6.07, 6.45) is 3.05. The van der Waals surface area contributed by atoms with E-state index < -0.39 is 11.9 Å². The fourth-order valence-electron chi connectivity index (χ4n) is 1.76. The summed E-state index contributed by atoms with van der Waals surface area (Å²) in [7, 11) is 0. The summed E-state index contributed by atoms with van der Waals surface area (Å²) >= 11 is 0. The summed E-state index contributed by atoms with van der Waals surface area (Å²) in [5.41, 5.74) is 2.84. The van der Waals surface area contributed by atoms with Crippen LogP contribution < -0.4 is 11.3 Å². The van der Waals surface area contributed by atoms with Gasteiger partial charge < -0.3 is 4.57 Å². The molecule has 0 bridgehead atoms. The Morgan fingerprint density at radius 2 is 2.17 bits per heavy atom. The van der Waals surface area contributed by atoms with Crippen molar-refractivity contribution in [2.24, 2.45) is 5.84 Å². The van der Waals surface area contributed by atoms with Crippen molar-refractivity contribution in [2.75, 3.05) is 0 Å². The molecule has 1 aromatic carbocycles. The topological polar surface area (TPSA) is 96.7 Å². The van der Waals surface area contributed by atoms with Crippen LogP contribution in [0.1, 0.15) is 17.4 Å². The largest absolute Gasteiger partial charge is 0.306 e. The molecule has 0 aliphatic carbocycles. The molecule has 6 nitrogen and oxygen atoms in total. The Labute approximate surface area is 104 Å². The van der Waals surface area contributed by atoms with Crippen LogP contribution >= 0.6 is 0 Å². The third kappa shape index (κ3) is 2.07. The number of imidazole rings is 1. The van der Waals surface area contributed by atoms with Crippen LogP contribution in [0.5, 0.6) is 0 Å². The first-order chi connectivity index (χ1) is 8.77. The molecule has 0 saturated heterocycles. The normalized spacial score (nSPS) is 11.6. The van der Waals surface area contributed by atoms with Gasteiger partial charge in [0.2, 0.25) is 5.82 Å². The fraction of sp³-hybridized carbons (Fsp3) is 0.0833. The van der Waals surface area contributed by atoms with E-state index in [1.807, 2.05) is 24.3 Å². The maximum absolute atomic E-state index is 11.9. The van der Waals surface area contributed by atoms with E-state index in [0.717, 1.165) is 5.56 Å². The second-order valence-electron chi connectivity index (χ2n) is 3.59. The second-order valence-corrected chi connectivity index (χ2v) is 3.59. The van der Waals surface area contributed by atoms with Gasteiger partial charge in [-0.2, -0.15) is 5.26 Å². The lowest BCUT2D eigenvalue weighted by atomic mass is 10.1. The Hall–Kier alpha value is -2.65. The SMILES string of the molecule is N#Cc1nccn1C(C(=O)NN)c1ccccc1. The van der Waals surface area contributed by atoms with Gasteiger partial charge in [0.25, 0.3) is 5.91 Å². The first-order valence-corrected chi connectivity index (χ1v) is 5.26. The van der Waals surface area contributed by atoms with Crippen molar-refractivity contribution >= 4 is 5.91 Å². The van der Waals surface area contributed by atoms with Crippen LogP contribution in [-0.2, 0) is 4.79 Å². The highest BCUT2D eigenvalue weighted by atomic mass is 16.2. The van der Waals surface area contributed by atoms with Gasteiger partial charge in [0.1, 0.15) is 12.1 Å². The molecule has 1 heterocycles. The second kappa shape index (κ2) is 5.12. The van der Waals surface area contributed by atoms with Crippen LogP contribution in [0.3, 0.4) is 0 Å². The average Bonchev–Trinajstić information content (AvgIpc) is 2.88. The van der Waals surface area contributed by atoms with Gasteiger partial charge >= 0.3 is 0 Å². The Morgan fingerprint density at radius 1 is 1.44 bits per heavy atom. The van der Waals surface area contributed by atoms with Crippen molar-refractivity contribution in [3.8, 4) is 6.07 Å². The van der Waals surface area contributed by atoms with E-state index in [0.29, 0.717) is 0 Å². The Kier molecular flexibility index (Phi) is 3.36. The van der Waals surface area contributed by atoms with Crippen LogP contribution in [0.4, 0.5) is 0 Å². The highest BCUT2D eigenvalue weighted by Crippen LogP contribution is 2.19. The van der Waals surface area contributed by atoms with Gasteiger partial charge in [-0.1, -0.05) is 30.3 Å². The van der Waals surface area contributed by atoms with Gasteiger partial charge in [-0.25, -0.2) is 10.8 Å². The zero-order valence-corrected chi connectivity index (χ0v) is 9.45. The quantitative estimate of drug-likeness (QED) is 0.460. The fourth-order valence-corrected chi connectivity index (χ4v) is 1.76. The maximum Gasteiger partial charge on any atom is 0.261 e. The summed E-state index contributed by atoms with van der Waals surface area (Å²) in [5.74, 6) is 4.94. The molecule has 1 unspecified atom stereocenters. The lowest BCUT2D eigenvalue weighted by Crippen LogP contribution is -2.37. The molecule has 0 aliphatic heterocycles. The van der Waals surface area contributed by atoms with E-state index in [9.17, 15) is 4.79 Å². The van der Waals surface area contributed by atoms with Gasteiger partial charge in [-0.15, -0.1) is 0 Å². The van der Waals surface area contributed by atoms with Gasteiger partial charge in [0.05, 0.1) is 0 Å². The number of nitrogens with zero attached hydrogens (tertiary/aromatic N) is 3. The molecule has 1 aromatic heterocycles. The predicted octanol–water partition coefficient (Wildman–Crippen LogP) is 0.334. The molecule has 2 aromatic rings. The third-order valence-electron chi connectivity index (χ3n) is 2.55. The molecule has 0 radical (unpaired) electrons. The molecule has 90 valence electrons. The molecule has 0 fully saturated rings. The number of nitrogens with two attached hydrogens (primary N) is 1. The number of amides is 1. The molecule has 6 heteroatoms. The summed E-state index contributed by atoms with van der Waals surface area (Å²) in [6.45, 7) is 0. The minimum atomic E-state index is -0.701. The van der Waals surface area contributed by atoms with Crippen LogP contribution in [0, 0.1) is 11.3 Å². The standard InChI is InChI=1S/C12H11N5O/c13-8-10-15-6-7-17(10)11(12(18)16-14)9-4-2-1-3-5-9/h1-7,11H,14H2,(H,16,18). The predicted molar refractivity (Wildman–Crippen MR) is 63.9 cm³/mol. The Morgan fingerprint density at radius 3 is 2.78 bits per heavy atom. The number of benzene rings is 1. The maximum atomic E-state index is 11.9. The van der Waals surface area contributed by atoms with Crippen LogP contribution in [0.2, 0.25) is 0 Å². The molecule has 3 N–H and O–H groups in total. The van der Waals surface area contributed by atoms with Crippen molar-refractivity contribution in [2.45, 2.75) is 6.04 Å². The molecule has 18 heavy (non-hydrogen) atoms. The van der Waals surface area contributed by atoms with E-state index in [1.54, 1.807) is 18.3 Å². The Bertz CT molecular complexity index is 584. The molecule has 0 aliphatic rings. The van der Waals surface area contributed by atoms with Crippen LogP contribution in [-0.4, -0.2) is 15.5 Å². The number of nitriles is 1. The van der Waals surface area contributed by atoms with Crippen molar-refractivity contribution in [1.82, 2.24) is 15.0 Å². The van der Waals surface area contributed by atoms with E-state index in [1.165, 1.54) is 10.8 Å². The smallest absolute Gasteiger partial charge is 0.261 e. The van der Waals surface area contributed by atoms with Crippen LogP contribution in [0.15, 0.2) is 42.7 Å². The zero-order chi connectivity index (χ0) is 13.0. The van der Waals surface area contributed by atoms with Crippen LogP contribution in [0.25, 0.3) is 0 Å². The summed E-state index contributed by atoms with van der Waals surface area (Å²) in [6, 6.07) is 10.3. The van der Waals surface area contributed by atoms with Gasteiger partial charge in [-0.05, 0) is 5.56 Å². The Balaban J connectivity index is 2.51. The number of carbonyl (C=O) groups excluding carboxylic acids is 1. The van der Waals surface area contributed by atoms with E-state index in [2.05, 4.69) is 10.4 Å². The van der Waals surface area contributed by atoms with Gasteiger partial charge in [0.15, 0.2) is 0 Å². The minimum Gasteiger partial charge on any atom is -0.306 e. The molecule has 0 spiro atoms. The number of carbonyl (C=O) groups is 1. The van der Waals surface area contributed by atoms with Crippen molar-refractivity contribution < 1.29 is 4.79 Å². The van der Waals surface area contributed by atoms with Crippen molar-refractivity contribution in [1.29, 1.82) is 5.26 Å². The summed E-state index contributed by atoms with van der Waals surface area (Å²) in [5, 5.41) is 8.96. The molecule has 2 rings (SSSR count). The first-order valence-electron chi connectivity index (χ1n) is 5.26. The number of aromatic nitrogens is 2. The number of hydrazine groups is 1. The van der Waals surface area contributed by atoms with Gasteiger partial charge in [0, 0.05) is 12.4 Å². The molecule has 1 amide bonds. The van der Waals surface area contributed by atoms with Gasteiger partial charge in [-0.3, -0.25) is 10.2 Å².